The first kappa shape index (κ1) is 17.9. The first-order chi connectivity index (χ1) is 8.45. The maximum Gasteiger partial charge on any atom is 0.227 e. The Morgan fingerprint density at radius 2 is 2.00 bits per heavy atom. The third kappa shape index (κ3) is 5.17. The van der Waals surface area contributed by atoms with Gasteiger partial charge in [0.1, 0.15) is 5.82 Å². The molecule has 0 heterocycles. The maximum atomic E-state index is 13.1. The summed E-state index contributed by atoms with van der Waals surface area (Å²) in [6.45, 7) is 6.44. The Morgan fingerprint density at radius 3 is 2.47 bits per heavy atom. The average Bonchev–Trinajstić information content (AvgIpc) is 2.34. The fourth-order valence-corrected chi connectivity index (χ4v) is 1.73. The van der Waals surface area contributed by atoms with Crippen LogP contribution in [0.2, 0.25) is 0 Å². The lowest BCUT2D eigenvalue weighted by atomic mass is 10.1. The fourth-order valence-electron chi connectivity index (χ4n) is 1.73. The zero-order chi connectivity index (χ0) is 13.7. The van der Waals surface area contributed by atoms with E-state index in [4.69, 9.17) is 5.73 Å². The van der Waals surface area contributed by atoms with Crippen LogP contribution in [-0.2, 0) is 11.3 Å². The predicted molar refractivity (Wildman–Crippen MR) is 77.6 cm³/mol. The van der Waals surface area contributed by atoms with Crippen molar-refractivity contribution in [1.29, 1.82) is 0 Å². The molecule has 1 unspecified atom stereocenters. The zero-order valence-corrected chi connectivity index (χ0v) is 12.4. The molecule has 0 aliphatic rings. The molecule has 0 saturated heterocycles. The van der Waals surface area contributed by atoms with Gasteiger partial charge in [0.15, 0.2) is 0 Å². The van der Waals surface area contributed by atoms with Crippen LogP contribution in [0.25, 0.3) is 0 Å². The molecular weight excluding hydrogens is 267 g/mol. The molecule has 1 aromatic rings. The average molecular weight is 289 g/mol. The van der Waals surface area contributed by atoms with Crippen LogP contribution in [0.4, 0.5) is 4.39 Å². The summed E-state index contributed by atoms with van der Waals surface area (Å²) < 4.78 is 13.1. The fraction of sp³-hybridized carbons (Fsp3) is 0.500. The van der Waals surface area contributed by atoms with Gasteiger partial charge in [0, 0.05) is 25.0 Å². The van der Waals surface area contributed by atoms with Gasteiger partial charge in [-0.3, -0.25) is 4.79 Å². The number of hydrogen-bond acceptors (Lipinski definition) is 2. The SMILES string of the molecule is CC(CN)C(=O)N(Cc1cccc(F)c1)C(C)C.Cl. The van der Waals surface area contributed by atoms with Crippen LogP contribution in [0, 0.1) is 11.7 Å². The van der Waals surface area contributed by atoms with Crippen LogP contribution in [0.1, 0.15) is 26.3 Å². The highest BCUT2D eigenvalue weighted by molar-refractivity contribution is 5.85. The molecule has 0 aliphatic heterocycles. The van der Waals surface area contributed by atoms with E-state index in [1.54, 1.807) is 11.0 Å². The van der Waals surface area contributed by atoms with Gasteiger partial charge < -0.3 is 10.6 Å². The van der Waals surface area contributed by atoms with E-state index in [1.807, 2.05) is 26.8 Å². The first-order valence-electron chi connectivity index (χ1n) is 6.20. The van der Waals surface area contributed by atoms with Gasteiger partial charge in [0.25, 0.3) is 0 Å². The molecule has 108 valence electrons. The highest BCUT2D eigenvalue weighted by Crippen LogP contribution is 2.13. The van der Waals surface area contributed by atoms with E-state index in [1.165, 1.54) is 12.1 Å². The highest BCUT2D eigenvalue weighted by atomic mass is 35.5. The van der Waals surface area contributed by atoms with Gasteiger partial charge in [-0.05, 0) is 31.5 Å². The Hall–Kier alpha value is -1.13. The maximum absolute atomic E-state index is 13.1. The van der Waals surface area contributed by atoms with E-state index in [9.17, 15) is 9.18 Å². The van der Waals surface area contributed by atoms with Crippen LogP contribution in [0.15, 0.2) is 24.3 Å². The Kier molecular flexibility index (Phi) is 7.64. The molecule has 1 amide bonds. The van der Waals surface area contributed by atoms with E-state index in [0.717, 1.165) is 5.56 Å². The Bertz CT molecular complexity index is 412. The smallest absolute Gasteiger partial charge is 0.227 e. The number of benzene rings is 1. The molecule has 3 nitrogen and oxygen atoms in total. The first-order valence-corrected chi connectivity index (χ1v) is 6.20. The van der Waals surface area contributed by atoms with Gasteiger partial charge in [0.2, 0.25) is 5.91 Å². The van der Waals surface area contributed by atoms with E-state index >= 15 is 0 Å². The second-order valence-corrected chi connectivity index (χ2v) is 4.83. The number of nitrogens with two attached hydrogens (primary N) is 1. The summed E-state index contributed by atoms with van der Waals surface area (Å²) in [5.74, 6) is -0.478. The minimum atomic E-state index is -0.282. The minimum absolute atomic E-state index is 0. The number of carbonyl (C=O) groups is 1. The predicted octanol–water partition coefficient (Wildman–Crippen LogP) is 2.58. The molecule has 0 saturated carbocycles. The summed E-state index contributed by atoms with van der Waals surface area (Å²) in [7, 11) is 0. The molecule has 0 aromatic heterocycles. The summed E-state index contributed by atoms with van der Waals surface area (Å²) >= 11 is 0. The van der Waals surface area contributed by atoms with Crippen molar-refractivity contribution in [1.82, 2.24) is 4.90 Å². The largest absolute Gasteiger partial charge is 0.336 e. The standard InChI is InChI=1S/C14H21FN2O.ClH/c1-10(2)17(14(18)11(3)8-16)9-12-5-4-6-13(15)7-12;/h4-7,10-11H,8-9,16H2,1-3H3;1H. The number of carbonyl (C=O) groups excluding carboxylic acids is 1. The molecule has 0 spiro atoms. The molecule has 0 fully saturated rings. The van der Waals surface area contributed by atoms with Crippen LogP contribution in [-0.4, -0.2) is 23.4 Å². The third-order valence-corrected chi connectivity index (χ3v) is 2.92. The molecule has 5 heteroatoms. The van der Waals surface area contributed by atoms with Crippen molar-refractivity contribution < 1.29 is 9.18 Å². The molecule has 1 rings (SSSR count). The second kappa shape index (κ2) is 8.12. The van der Waals surface area contributed by atoms with Crippen LogP contribution < -0.4 is 5.73 Å². The number of rotatable bonds is 5. The topological polar surface area (TPSA) is 46.3 Å². The van der Waals surface area contributed by atoms with Crippen molar-refractivity contribution in [2.75, 3.05) is 6.54 Å². The van der Waals surface area contributed by atoms with Crippen molar-refractivity contribution in [3.63, 3.8) is 0 Å². The third-order valence-electron chi connectivity index (χ3n) is 2.92. The molecule has 0 bridgehead atoms. The van der Waals surface area contributed by atoms with Crippen molar-refractivity contribution in [3.8, 4) is 0 Å². The van der Waals surface area contributed by atoms with Gasteiger partial charge in [-0.25, -0.2) is 4.39 Å². The summed E-state index contributed by atoms with van der Waals surface area (Å²) in [5.41, 5.74) is 6.31. The van der Waals surface area contributed by atoms with Crippen LogP contribution in [0.3, 0.4) is 0 Å². The monoisotopic (exact) mass is 288 g/mol. The summed E-state index contributed by atoms with van der Waals surface area (Å²) in [5, 5.41) is 0. The van der Waals surface area contributed by atoms with Gasteiger partial charge in [0.05, 0.1) is 0 Å². The van der Waals surface area contributed by atoms with Crippen molar-refractivity contribution >= 4 is 18.3 Å². The normalized spacial score (nSPS) is 11.9. The molecule has 2 N–H and O–H groups in total. The minimum Gasteiger partial charge on any atom is -0.336 e. The van der Waals surface area contributed by atoms with Crippen molar-refractivity contribution in [2.24, 2.45) is 11.7 Å². The molecule has 1 aromatic carbocycles. The van der Waals surface area contributed by atoms with E-state index in [2.05, 4.69) is 0 Å². The van der Waals surface area contributed by atoms with E-state index in [-0.39, 0.29) is 36.1 Å². The van der Waals surface area contributed by atoms with Gasteiger partial charge in [-0.1, -0.05) is 19.1 Å². The zero-order valence-electron chi connectivity index (χ0n) is 11.6. The van der Waals surface area contributed by atoms with Crippen LogP contribution in [0.5, 0.6) is 0 Å². The molecular formula is C14H22ClFN2O. The number of hydrogen-bond donors (Lipinski definition) is 1. The summed E-state index contributed by atoms with van der Waals surface area (Å²) in [4.78, 5) is 13.9. The molecule has 19 heavy (non-hydrogen) atoms. The quantitative estimate of drug-likeness (QED) is 0.905. The lowest BCUT2D eigenvalue weighted by Crippen LogP contribution is -2.41. The Morgan fingerprint density at radius 1 is 1.37 bits per heavy atom. The van der Waals surface area contributed by atoms with Crippen molar-refractivity contribution in [2.45, 2.75) is 33.4 Å². The summed E-state index contributed by atoms with van der Waals surface area (Å²) in [6, 6.07) is 6.39. The lowest BCUT2D eigenvalue weighted by molar-refractivity contribution is -0.137. The lowest BCUT2D eigenvalue weighted by Gasteiger charge is -2.29. The molecule has 1 atom stereocenters. The van der Waals surface area contributed by atoms with Gasteiger partial charge in [-0.2, -0.15) is 0 Å². The van der Waals surface area contributed by atoms with Gasteiger partial charge >= 0.3 is 0 Å². The van der Waals surface area contributed by atoms with Gasteiger partial charge in [-0.15, -0.1) is 12.4 Å². The van der Waals surface area contributed by atoms with E-state index < -0.39 is 0 Å². The van der Waals surface area contributed by atoms with Crippen molar-refractivity contribution in [3.05, 3.63) is 35.6 Å². The number of halogens is 2. The Labute approximate surface area is 120 Å². The highest BCUT2D eigenvalue weighted by Gasteiger charge is 2.21. The molecule has 0 radical (unpaired) electrons. The Balaban J connectivity index is 0.00000324. The summed E-state index contributed by atoms with van der Waals surface area (Å²) in [6.07, 6.45) is 0. The number of nitrogens with zero attached hydrogens (tertiary/aromatic N) is 1. The molecule has 0 aliphatic carbocycles. The van der Waals surface area contributed by atoms with E-state index in [0.29, 0.717) is 13.1 Å². The second-order valence-electron chi connectivity index (χ2n) is 4.83. The van der Waals surface area contributed by atoms with Crippen LogP contribution >= 0.6 is 12.4 Å². The number of amides is 1.